The average Bonchev–Trinajstić information content (AvgIpc) is 3.13. The van der Waals surface area contributed by atoms with E-state index in [2.05, 4.69) is 5.32 Å². The summed E-state index contributed by atoms with van der Waals surface area (Å²) in [6, 6.07) is 12.4. The van der Waals surface area contributed by atoms with Crippen LogP contribution in [-0.2, 0) is 26.7 Å². The van der Waals surface area contributed by atoms with E-state index in [1.807, 2.05) is 44.2 Å². The van der Waals surface area contributed by atoms with Gasteiger partial charge in [0.05, 0.1) is 0 Å². The average molecular weight is 475 g/mol. The highest BCUT2D eigenvalue weighted by Crippen LogP contribution is 2.26. The van der Waals surface area contributed by atoms with E-state index in [0.717, 1.165) is 23.4 Å². The molecule has 1 aliphatic rings. The summed E-state index contributed by atoms with van der Waals surface area (Å²) >= 11 is 1.16. The van der Waals surface area contributed by atoms with Crippen molar-refractivity contribution in [2.75, 3.05) is 0 Å². The van der Waals surface area contributed by atoms with Gasteiger partial charge in [0.25, 0.3) is 0 Å². The number of halogens is 2. The number of amides is 2. The lowest BCUT2D eigenvalue weighted by Gasteiger charge is -2.26. The second-order valence-electron chi connectivity index (χ2n) is 8.51. The van der Waals surface area contributed by atoms with Crippen molar-refractivity contribution in [1.29, 1.82) is 0 Å². The first-order valence-electron chi connectivity index (χ1n) is 11.0. The van der Waals surface area contributed by atoms with Crippen molar-refractivity contribution in [1.82, 2.24) is 10.2 Å². The van der Waals surface area contributed by atoms with Gasteiger partial charge in [-0.1, -0.05) is 68.1 Å². The molecule has 2 atom stereocenters. The molecule has 8 heteroatoms. The Balaban J connectivity index is 1.60. The van der Waals surface area contributed by atoms with Gasteiger partial charge in [0.2, 0.25) is 16.9 Å². The molecule has 0 spiro atoms. The highest BCUT2D eigenvalue weighted by molar-refractivity contribution is 8.13. The van der Waals surface area contributed by atoms with Gasteiger partial charge in [0.1, 0.15) is 6.04 Å². The lowest BCUT2D eigenvalue weighted by atomic mass is 10.0. The third-order valence-corrected chi connectivity index (χ3v) is 6.72. The summed E-state index contributed by atoms with van der Waals surface area (Å²) in [7, 11) is 0. The predicted molar refractivity (Wildman–Crippen MR) is 124 cm³/mol. The van der Waals surface area contributed by atoms with Gasteiger partial charge in [-0.15, -0.1) is 0 Å². The number of carbonyl (C=O) groups excluding carboxylic acids is 3. The van der Waals surface area contributed by atoms with Crippen molar-refractivity contribution in [3.05, 3.63) is 71.3 Å². The van der Waals surface area contributed by atoms with Crippen LogP contribution in [0.3, 0.4) is 0 Å². The fourth-order valence-corrected chi connectivity index (χ4v) is 4.85. The number of hydrogen-bond donors (Lipinski definition) is 1. The van der Waals surface area contributed by atoms with Gasteiger partial charge < -0.3 is 10.2 Å². The zero-order chi connectivity index (χ0) is 24.0. The first-order valence-corrected chi connectivity index (χ1v) is 12.0. The van der Waals surface area contributed by atoms with Crippen LogP contribution in [-0.4, -0.2) is 33.9 Å². The molecule has 1 fully saturated rings. The Bertz CT molecular complexity index is 1000. The molecule has 0 saturated carbocycles. The molecule has 0 bridgehead atoms. The molecule has 1 heterocycles. The van der Waals surface area contributed by atoms with Crippen molar-refractivity contribution in [2.45, 2.75) is 57.5 Å². The first kappa shape index (κ1) is 24.9. The van der Waals surface area contributed by atoms with E-state index in [1.165, 1.54) is 17.0 Å². The van der Waals surface area contributed by atoms with Crippen molar-refractivity contribution in [3.63, 3.8) is 0 Å². The Kier molecular flexibility index (Phi) is 8.61. The SMILES string of the molecule is CC(C)[C@H](NC(=O)C[C@@H]1CCC(=O)N1Cc1cccc(F)c1F)C(=O)SCc1ccccc1. The van der Waals surface area contributed by atoms with Crippen molar-refractivity contribution >= 4 is 28.7 Å². The topological polar surface area (TPSA) is 66.5 Å². The molecule has 1 saturated heterocycles. The Morgan fingerprint density at radius 1 is 1.12 bits per heavy atom. The van der Waals surface area contributed by atoms with Crippen LogP contribution in [0.4, 0.5) is 8.78 Å². The Morgan fingerprint density at radius 2 is 1.85 bits per heavy atom. The summed E-state index contributed by atoms with van der Waals surface area (Å²) in [5, 5.41) is 2.70. The van der Waals surface area contributed by atoms with Crippen LogP contribution >= 0.6 is 11.8 Å². The molecule has 2 aromatic carbocycles. The van der Waals surface area contributed by atoms with Gasteiger partial charge in [-0.2, -0.15) is 0 Å². The fraction of sp³-hybridized carbons (Fsp3) is 0.400. The number of nitrogens with one attached hydrogen (secondary N) is 1. The number of carbonyl (C=O) groups is 3. The molecule has 0 aromatic heterocycles. The Labute approximate surface area is 196 Å². The van der Waals surface area contributed by atoms with Crippen molar-refractivity contribution in [3.8, 4) is 0 Å². The quantitative estimate of drug-likeness (QED) is 0.583. The van der Waals surface area contributed by atoms with E-state index in [9.17, 15) is 23.2 Å². The van der Waals surface area contributed by atoms with Crippen LogP contribution in [0.15, 0.2) is 48.5 Å². The minimum Gasteiger partial charge on any atom is -0.345 e. The summed E-state index contributed by atoms with van der Waals surface area (Å²) < 4.78 is 27.6. The van der Waals surface area contributed by atoms with Crippen LogP contribution in [0.1, 0.15) is 44.2 Å². The number of rotatable bonds is 9. The van der Waals surface area contributed by atoms with E-state index in [0.29, 0.717) is 12.2 Å². The second kappa shape index (κ2) is 11.4. The van der Waals surface area contributed by atoms with Gasteiger partial charge in [0, 0.05) is 36.7 Å². The summed E-state index contributed by atoms with van der Waals surface area (Å²) in [6.45, 7) is 3.63. The van der Waals surface area contributed by atoms with Crippen LogP contribution in [0.2, 0.25) is 0 Å². The summed E-state index contributed by atoms with van der Waals surface area (Å²) in [4.78, 5) is 39.3. The number of benzene rings is 2. The van der Waals surface area contributed by atoms with Crippen molar-refractivity contribution < 1.29 is 23.2 Å². The number of thioether (sulfide) groups is 1. The van der Waals surface area contributed by atoms with E-state index in [4.69, 9.17) is 0 Å². The second-order valence-corrected chi connectivity index (χ2v) is 9.49. The standard InChI is InChI=1S/C25H28F2N2O3S/c1-16(2)24(25(32)33-15-17-7-4-3-5-8-17)28-21(30)13-19-11-12-22(31)29(19)14-18-9-6-10-20(26)23(18)27/h3-10,16,19,24H,11-15H2,1-2H3,(H,28,30)/t19-,24-/m0/s1. The first-order chi connectivity index (χ1) is 15.8. The minimum atomic E-state index is -0.985. The zero-order valence-electron chi connectivity index (χ0n) is 18.7. The van der Waals surface area contributed by atoms with Crippen LogP contribution in [0.25, 0.3) is 0 Å². The van der Waals surface area contributed by atoms with Gasteiger partial charge in [-0.05, 0) is 24.0 Å². The van der Waals surface area contributed by atoms with Gasteiger partial charge in [0.15, 0.2) is 11.6 Å². The maximum Gasteiger partial charge on any atom is 0.223 e. The highest BCUT2D eigenvalue weighted by Gasteiger charge is 2.34. The molecule has 1 aliphatic heterocycles. The molecule has 2 aromatic rings. The van der Waals surface area contributed by atoms with E-state index < -0.39 is 23.7 Å². The lowest BCUT2D eigenvalue weighted by Crippen LogP contribution is -2.45. The smallest absolute Gasteiger partial charge is 0.223 e. The molecule has 3 rings (SSSR count). The normalized spacial score (nSPS) is 16.8. The third-order valence-electron chi connectivity index (χ3n) is 5.71. The maximum atomic E-state index is 14.1. The van der Waals surface area contributed by atoms with Crippen LogP contribution in [0, 0.1) is 17.6 Å². The molecule has 33 heavy (non-hydrogen) atoms. The Hall–Kier alpha value is -2.74. The third kappa shape index (κ3) is 6.63. The van der Waals surface area contributed by atoms with Crippen LogP contribution < -0.4 is 5.32 Å². The van der Waals surface area contributed by atoms with E-state index in [1.54, 1.807) is 0 Å². The van der Waals surface area contributed by atoms with Gasteiger partial charge in [-0.25, -0.2) is 8.78 Å². The van der Waals surface area contributed by atoms with E-state index >= 15 is 0 Å². The predicted octanol–water partition coefficient (Wildman–Crippen LogP) is 4.45. The lowest BCUT2D eigenvalue weighted by molar-refractivity contribution is -0.131. The molecular weight excluding hydrogens is 446 g/mol. The monoisotopic (exact) mass is 474 g/mol. The van der Waals surface area contributed by atoms with Crippen molar-refractivity contribution in [2.24, 2.45) is 5.92 Å². The molecular formula is C25H28F2N2O3S. The molecule has 5 nitrogen and oxygen atoms in total. The fourth-order valence-electron chi connectivity index (χ4n) is 3.84. The minimum absolute atomic E-state index is 0.00251. The molecule has 2 amide bonds. The zero-order valence-corrected chi connectivity index (χ0v) is 19.5. The van der Waals surface area contributed by atoms with Crippen LogP contribution in [0.5, 0.6) is 0 Å². The highest BCUT2D eigenvalue weighted by atomic mass is 32.2. The number of nitrogens with zero attached hydrogens (tertiary/aromatic N) is 1. The maximum absolute atomic E-state index is 14.1. The molecule has 1 N–H and O–H groups in total. The molecule has 0 aliphatic carbocycles. The Morgan fingerprint density at radius 3 is 2.55 bits per heavy atom. The van der Waals surface area contributed by atoms with Gasteiger partial charge in [-0.3, -0.25) is 14.4 Å². The molecule has 0 unspecified atom stereocenters. The summed E-state index contributed by atoms with van der Waals surface area (Å²) in [6.07, 6.45) is 0.698. The number of hydrogen-bond acceptors (Lipinski definition) is 4. The number of likely N-dealkylation sites (tertiary alicyclic amines) is 1. The molecule has 0 radical (unpaired) electrons. The molecule has 176 valence electrons. The summed E-state index contributed by atoms with van der Waals surface area (Å²) in [5.41, 5.74) is 1.09. The largest absolute Gasteiger partial charge is 0.345 e. The summed E-state index contributed by atoms with van der Waals surface area (Å²) in [5.74, 6) is -2.09. The van der Waals surface area contributed by atoms with E-state index in [-0.39, 0.29) is 47.8 Å². The van der Waals surface area contributed by atoms with Gasteiger partial charge >= 0.3 is 0 Å².